The molecule has 8 nitrogen and oxygen atoms in total. The Morgan fingerprint density at radius 2 is 2.05 bits per heavy atom. The Balaban J connectivity index is 2.15. The molecular weight excluding hydrogens is 278 g/mol. The molecule has 4 atom stereocenters. The lowest BCUT2D eigenvalue weighted by atomic mass is 9.48. The highest BCUT2D eigenvalue weighted by molar-refractivity contribution is 5.94. The van der Waals surface area contributed by atoms with Gasteiger partial charge < -0.3 is 26.6 Å². The lowest BCUT2D eigenvalue weighted by Crippen LogP contribution is -2.80. The lowest BCUT2D eigenvalue weighted by molar-refractivity contribution is -0.177. The van der Waals surface area contributed by atoms with Crippen molar-refractivity contribution in [3.8, 4) is 0 Å². The quantitative estimate of drug-likeness (QED) is 0.490. The molecular formula is C13H21N3O5. The number of fused-ring (bicyclic) bond motifs is 1. The monoisotopic (exact) mass is 299 g/mol. The summed E-state index contributed by atoms with van der Waals surface area (Å²) in [7, 11) is 0. The second-order valence-electron chi connectivity index (χ2n) is 6.31. The standard InChI is InChI=1S/C13H21N3O5/c1-12(2)9-6(3-4-21-9)13(12,15)11(20)16-7(10(18)19)5-8(14)17/h6-7,9H,3-5,15H2,1-2H3,(H2,14,17)(H,16,20)(H,18,19). The van der Waals surface area contributed by atoms with Crippen LogP contribution in [0.5, 0.6) is 0 Å². The number of nitrogens with one attached hydrogen (secondary N) is 1. The van der Waals surface area contributed by atoms with Gasteiger partial charge in [0.25, 0.3) is 0 Å². The van der Waals surface area contributed by atoms with E-state index in [1.807, 2.05) is 13.8 Å². The Labute approximate surface area is 122 Å². The largest absolute Gasteiger partial charge is 0.480 e. The number of nitrogens with two attached hydrogens (primary N) is 2. The van der Waals surface area contributed by atoms with Gasteiger partial charge in [-0.25, -0.2) is 4.79 Å². The highest BCUT2D eigenvalue weighted by Gasteiger charge is 2.71. The van der Waals surface area contributed by atoms with Gasteiger partial charge in [-0.1, -0.05) is 13.8 Å². The highest BCUT2D eigenvalue weighted by atomic mass is 16.5. The van der Waals surface area contributed by atoms with E-state index in [0.717, 1.165) is 0 Å². The predicted molar refractivity (Wildman–Crippen MR) is 71.9 cm³/mol. The minimum atomic E-state index is -1.37. The zero-order valence-corrected chi connectivity index (χ0v) is 12.1. The summed E-state index contributed by atoms with van der Waals surface area (Å²) in [6, 6.07) is -1.37. The van der Waals surface area contributed by atoms with E-state index in [2.05, 4.69) is 5.32 Å². The van der Waals surface area contributed by atoms with Crippen molar-refractivity contribution in [2.24, 2.45) is 22.8 Å². The van der Waals surface area contributed by atoms with E-state index >= 15 is 0 Å². The Hall–Kier alpha value is -1.67. The fourth-order valence-electron chi connectivity index (χ4n) is 3.52. The number of primary amides is 1. The van der Waals surface area contributed by atoms with E-state index < -0.39 is 41.2 Å². The average molecular weight is 299 g/mol. The smallest absolute Gasteiger partial charge is 0.326 e. The lowest BCUT2D eigenvalue weighted by Gasteiger charge is -2.60. The van der Waals surface area contributed by atoms with Gasteiger partial charge in [0.15, 0.2) is 0 Å². The molecule has 0 bridgehead atoms. The molecule has 21 heavy (non-hydrogen) atoms. The van der Waals surface area contributed by atoms with E-state index in [0.29, 0.717) is 13.0 Å². The summed E-state index contributed by atoms with van der Waals surface area (Å²) in [5.41, 5.74) is 9.47. The highest BCUT2D eigenvalue weighted by Crippen LogP contribution is 2.58. The predicted octanol–water partition coefficient (Wildman–Crippen LogP) is -1.43. The average Bonchev–Trinajstić information content (AvgIpc) is 2.84. The first-order valence-electron chi connectivity index (χ1n) is 6.85. The molecule has 8 heteroatoms. The second kappa shape index (κ2) is 4.96. The number of hydrogen-bond donors (Lipinski definition) is 4. The van der Waals surface area contributed by atoms with Gasteiger partial charge in [-0.2, -0.15) is 0 Å². The molecule has 2 amide bonds. The minimum absolute atomic E-state index is 0.104. The summed E-state index contributed by atoms with van der Waals surface area (Å²) in [6.07, 6.45) is 0.0842. The summed E-state index contributed by atoms with van der Waals surface area (Å²) in [5.74, 6) is -2.84. The van der Waals surface area contributed by atoms with Crippen LogP contribution in [0.3, 0.4) is 0 Å². The van der Waals surface area contributed by atoms with Crippen molar-refractivity contribution in [2.75, 3.05) is 6.61 Å². The van der Waals surface area contributed by atoms with Gasteiger partial charge in [0, 0.05) is 17.9 Å². The molecule has 1 aliphatic heterocycles. The van der Waals surface area contributed by atoms with E-state index in [1.165, 1.54) is 0 Å². The third kappa shape index (κ3) is 2.18. The number of carbonyl (C=O) groups is 3. The van der Waals surface area contributed by atoms with Gasteiger partial charge in [0.05, 0.1) is 12.5 Å². The summed E-state index contributed by atoms with van der Waals surface area (Å²) in [6.45, 7) is 4.18. The molecule has 118 valence electrons. The fraction of sp³-hybridized carbons (Fsp3) is 0.769. The first-order chi connectivity index (χ1) is 9.62. The van der Waals surface area contributed by atoms with Crippen molar-refractivity contribution >= 4 is 17.8 Å². The molecule has 2 fully saturated rings. The molecule has 1 aliphatic carbocycles. The molecule has 6 N–H and O–H groups in total. The van der Waals surface area contributed by atoms with Gasteiger partial charge in [-0.15, -0.1) is 0 Å². The fourth-order valence-corrected chi connectivity index (χ4v) is 3.52. The number of rotatable bonds is 5. The van der Waals surface area contributed by atoms with Gasteiger partial charge in [0.2, 0.25) is 11.8 Å². The summed E-state index contributed by atoms with van der Waals surface area (Å²) in [4.78, 5) is 34.5. The van der Waals surface area contributed by atoms with Crippen LogP contribution in [0.4, 0.5) is 0 Å². The topological polar surface area (TPSA) is 145 Å². The van der Waals surface area contributed by atoms with Crippen molar-refractivity contribution in [2.45, 2.75) is 44.4 Å². The van der Waals surface area contributed by atoms with E-state index in [4.69, 9.17) is 21.3 Å². The number of carbonyl (C=O) groups excluding carboxylic acids is 2. The van der Waals surface area contributed by atoms with E-state index in [1.54, 1.807) is 0 Å². The Morgan fingerprint density at radius 1 is 1.43 bits per heavy atom. The molecule has 1 saturated carbocycles. The molecule has 1 heterocycles. The maximum absolute atomic E-state index is 12.5. The molecule has 0 aromatic rings. The van der Waals surface area contributed by atoms with Crippen LogP contribution in [0.25, 0.3) is 0 Å². The van der Waals surface area contributed by atoms with E-state index in [9.17, 15) is 14.4 Å². The van der Waals surface area contributed by atoms with Crippen LogP contribution in [-0.2, 0) is 19.1 Å². The Morgan fingerprint density at radius 3 is 2.57 bits per heavy atom. The van der Waals surface area contributed by atoms with Gasteiger partial charge in [-0.3, -0.25) is 9.59 Å². The maximum atomic E-state index is 12.5. The van der Waals surface area contributed by atoms with Crippen molar-refractivity contribution in [3.63, 3.8) is 0 Å². The van der Waals surface area contributed by atoms with E-state index in [-0.39, 0.29) is 12.0 Å². The molecule has 0 spiro atoms. The number of carboxylic acid groups (broad SMARTS) is 1. The summed E-state index contributed by atoms with van der Waals surface area (Å²) < 4.78 is 5.58. The summed E-state index contributed by atoms with van der Waals surface area (Å²) >= 11 is 0. The molecule has 0 aromatic carbocycles. The van der Waals surface area contributed by atoms with Crippen LogP contribution in [0.1, 0.15) is 26.7 Å². The number of ether oxygens (including phenoxy) is 1. The second-order valence-corrected chi connectivity index (χ2v) is 6.31. The molecule has 0 aromatic heterocycles. The number of hydrogen-bond acceptors (Lipinski definition) is 5. The molecule has 4 unspecified atom stereocenters. The molecule has 2 aliphatic rings. The van der Waals surface area contributed by atoms with Gasteiger partial charge in [0.1, 0.15) is 11.6 Å². The zero-order chi connectivity index (χ0) is 16.0. The number of amides is 2. The minimum Gasteiger partial charge on any atom is -0.480 e. The third-order valence-electron chi connectivity index (χ3n) is 4.84. The maximum Gasteiger partial charge on any atom is 0.326 e. The molecule has 0 radical (unpaired) electrons. The Kier molecular flexibility index (Phi) is 3.71. The van der Waals surface area contributed by atoms with Gasteiger partial charge >= 0.3 is 5.97 Å². The Bertz CT molecular complexity index is 492. The van der Waals surface area contributed by atoms with Crippen LogP contribution < -0.4 is 16.8 Å². The van der Waals surface area contributed by atoms with Crippen LogP contribution in [-0.4, -0.2) is 47.2 Å². The molecule has 1 saturated heterocycles. The number of aliphatic carboxylic acids is 1. The third-order valence-corrected chi connectivity index (χ3v) is 4.84. The van der Waals surface area contributed by atoms with Crippen molar-refractivity contribution in [3.05, 3.63) is 0 Å². The van der Waals surface area contributed by atoms with Crippen LogP contribution in [0.2, 0.25) is 0 Å². The zero-order valence-electron chi connectivity index (χ0n) is 12.1. The van der Waals surface area contributed by atoms with Crippen LogP contribution >= 0.6 is 0 Å². The number of carboxylic acids is 1. The van der Waals surface area contributed by atoms with Crippen LogP contribution in [0.15, 0.2) is 0 Å². The van der Waals surface area contributed by atoms with Crippen molar-refractivity contribution < 1.29 is 24.2 Å². The van der Waals surface area contributed by atoms with Crippen molar-refractivity contribution in [1.82, 2.24) is 5.32 Å². The van der Waals surface area contributed by atoms with Crippen LogP contribution in [0, 0.1) is 11.3 Å². The molecule has 2 rings (SSSR count). The first-order valence-corrected chi connectivity index (χ1v) is 6.85. The van der Waals surface area contributed by atoms with Crippen molar-refractivity contribution in [1.29, 1.82) is 0 Å². The normalized spacial score (nSPS) is 34.4. The van der Waals surface area contributed by atoms with Gasteiger partial charge in [-0.05, 0) is 6.42 Å². The first kappa shape index (κ1) is 15.7. The summed E-state index contributed by atoms with van der Waals surface area (Å²) in [5, 5.41) is 11.4. The SMILES string of the molecule is CC1(C)C2OCCC2C1(N)C(=O)NC(CC(N)=O)C(=O)O.